The average molecular weight is 371 g/mol. The molecule has 0 fully saturated rings. The SMILES string of the molecule is CCOC(=O)Cc1nc(OC)cc(I)c1C(F)F. The number of hydrogen-bond acceptors (Lipinski definition) is 4. The van der Waals surface area contributed by atoms with Gasteiger partial charge in [0.15, 0.2) is 0 Å². The van der Waals surface area contributed by atoms with Crippen LogP contribution >= 0.6 is 22.6 Å². The molecule has 0 N–H and O–H groups in total. The molecule has 4 nitrogen and oxygen atoms in total. The first-order valence-electron chi connectivity index (χ1n) is 5.16. The van der Waals surface area contributed by atoms with Crippen molar-refractivity contribution in [1.82, 2.24) is 4.98 Å². The third-order valence-electron chi connectivity index (χ3n) is 2.11. The third kappa shape index (κ3) is 3.76. The van der Waals surface area contributed by atoms with Crippen molar-refractivity contribution < 1.29 is 23.0 Å². The summed E-state index contributed by atoms with van der Waals surface area (Å²) in [7, 11) is 1.38. The van der Waals surface area contributed by atoms with Crippen LogP contribution in [0.25, 0.3) is 0 Å². The van der Waals surface area contributed by atoms with Crippen LogP contribution in [-0.2, 0) is 16.0 Å². The first-order valence-corrected chi connectivity index (χ1v) is 6.24. The van der Waals surface area contributed by atoms with Gasteiger partial charge in [-0.05, 0) is 29.5 Å². The molecule has 0 spiro atoms. The lowest BCUT2D eigenvalue weighted by atomic mass is 10.1. The predicted octanol–water partition coefficient (Wildman–Crippen LogP) is 2.74. The minimum atomic E-state index is -2.69. The molecular weight excluding hydrogens is 359 g/mol. The molecule has 0 bridgehead atoms. The van der Waals surface area contributed by atoms with Gasteiger partial charge >= 0.3 is 5.97 Å². The number of carbonyl (C=O) groups excluding carboxylic acids is 1. The van der Waals surface area contributed by atoms with Gasteiger partial charge in [0.2, 0.25) is 5.88 Å². The highest BCUT2D eigenvalue weighted by Crippen LogP contribution is 2.30. The lowest BCUT2D eigenvalue weighted by Gasteiger charge is -2.11. The van der Waals surface area contributed by atoms with Gasteiger partial charge in [-0.15, -0.1) is 0 Å². The molecule has 0 atom stereocenters. The van der Waals surface area contributed by atoms with Gasteiger partial charge in [-0.3, -0.25) is 4.79 Å². The first kappa shape index (κ1) is 15.1. The van der Waals surface area contributed by atoms with E-state index in [-0.39, 0.29) is 30.2 Å². The Morgan fingerprint density at radius 1 is 1.56 bits per heavy atom. The number of aromatic nitrogens is 1. The van der Waals surface area contributed by atoms with Crippen molar-refractivity contribution in [3.63, 3.8) is 0 Å². The Kier molecular flexibility index (Phi) is 5.70. The summed E-state index contributed by atoms with van der Waals surface area (Å²) < 4.78 is 35.8. The van der Waals surface area contributed by atoms with E-state index in [1.54, 1.807) is 29.5 Å². The summed E-state index contributed by atoms with van der Waals surface area (Å²) in [5.74, 6) is -0.390. The van der Waals surface area contributed by atoms with Gasteiger partial charge in [0, 0.05) is 9.64 Å². The molecule has 7 heteroatoms. The van der Waals surface area contributed by atoms with Crippen molar-refractivity contribution in [2.45, 2.75) is 19.8 Å². The van der Waals surface area contributed by atoms with E-state index in [1.165, 1.54) is 13.2 Å². The summed E-state index contributed by atoms with van der Waals surface area (Å²) in [5.41, 5.74) is -0.253. The second-order valence-corrected chi connectivity index (χ2v) is 4.45. The highest BCUT2D eigenvalue weighted by atomic mass is 127. The summed E-state index contributed by atoms with van der Waals surface area (Å²) in [4.78, 5) is 15.2. The second kappa shape index (κ2) is 6.81. The van der Waals surface area contributed by atoms with Crippen molar-refractivity contribution in [1.29, 1.82) is 0 Å². The normalized spacial score (nSPS) is 10.6. The molecule has 18 heavy (non-hydrogen) atoms. The zero-order chi connectivity index (χ0) is 13.7. The standard InChI is InChI=1S/C11H12F2INO3/c1-3-18-9(16)5-7-10(11(12)13)6(14)4-8(15-7)17-2/h4,11H,3,5H2,1-2H3. The minimum absolute atomic E-state index is 0.00722. The van der Waals surface area contributed by atoms with Crippen molar-refractivity contribution >= 4 is 28.6 Å². The molecule has 0 aliphatic carbocycles. The van der Waals surface area contributed by atoms with Crippen LogP contribution < -0.4 is 4.74 Å². The molecule has 100 valence electrons. The van der Waals surface area contributed by atoms with Crippen molar-refractivity contribution in [3.05, 3.63) is 20.9 Å². The Morgan fingerprint density at radius 2 is 2.22 bits per heavy atom. The molecule has 0 saturated carbocycles. The van der Waals surface area contributed by atoms with Gasteiger partial charge in [0.1, 0.15) is 0 Å². The van der Waals surface area contributed by atoms with Gasteiger partial charge in [0.05, 0.1) is 31.4 Å². The number of ether oxygens (including phenoxy) is 2. The van der Waals surface area contributed by atoms with Gasteiger partial charge in [-0.2, -0.15) is 0 Å². The maximum Gasteiger partial charge on any atom is 0.311 e. The van der Waals surface area contributed by atoms with Crippen LogP contribution in [0.1, 0.15) is 24.6 Å². The van der Waals surface area contributed by atoms with E-state index in [2.05, 4.69) is 4.98 Å². The maximum absolute atomic E-state index is 12.9. The lowest BCUT2D eigenvalue weighted by Crippen LogP contribution is -2.12. The monoisotopic (exact) mass is 371 g/mol. The van der Waals surface area contributed by atoms with Gasteiger partial charge in [-0.25, -0.2) is 13.8 Å². The van der Waals surface area contributed by atoms with Gasteiger partial charge in [-0.1, -0.05) is 0 Å². The number of alkyl halides is 2. The third-order valence-corrected chi connectivity index (χ3v) is 3.00. The molecule has 1 rings (SSSR count). The number of methoxy groups -OCH3 is 1. The zero-order valence-electron chi connectivity index (χ0n) is 9.87. The molecule has 0 aliphatic rings. The summed E-state index contributed by atoms with van der Waals surface area (Å²) in [5, 5.41) is 0. The fourth-order valence-corrected chi connectivity index (χ4v) is 2.18. The number of hydrogen-bond donors (Lipinski definition) is 0. The predicted molar refractivity (Wildman–Crippen MR) is 68.8 cm³/mol. The van der Waals surface area contributed by atoms with Crippen LogP contribution in [0.4, 0.5) is 8.78 Å². The Hall–Kier alpha value is -0.990. The smallest absolute Gasteiger partial charge is 0.311 e. The summed E-state index contributed by atoms with van der Waals surface area (Å²) >= 11 is 1.77. The Balaban J connectivity index is 3.13. The van der Waals surface area contributed by atoms with Crippen molar-refractivity contribution in [3.8, 4) is 5.88 Å². The average Bonchev–Trinajstić information content (AvgIpc) is 2.27. The summed E-state index contributed by atoms with van der Waals surface area (Å²) in [6, 6.07) is 1.40. The van der Waals surface area contributed by atoms with E-state index in [0.29, 0.717) is 3.57 Å². The Labute approximate surface area is 117 Å². The van der Waals surface area contributed by atoms with Crippen LogP contribution in [0.15, 0.2) is 6.07 Å². The zero-order valence-corrected chi connectivity index (χ0v) is 12.0. The minimum Gasteiger partial charge on any atom is -0.481 e. The Bertz CT molecular complexity index is 441. The van der Waals surface area contributed by atoms with Crippen molar-refractivity contribution in [2.75, 3.05) is 13.7 Å². The van der Waals surface area contributed by atoms with E-state index in [9.17, 15) is 13.6 Å². The summed E-state index contributed by atoms with van der Waals surface area (Å²) in [6.45, 7) is 1.85. The van der Waals surface area contributed by atoms with E-state index in [0.717, 1.165) is 0 Å². The maximum atomic E-state index is 12.9. The van der Waals surface area contributed by atoms with E-state index in [4.69, 9.17) is 9.47 Å². The molecule has 1 aromatic heterocycles. The van der Waals surface area contributed by atoms with Crippen LogP contribution in [-0.4, -0.2) is 24.7 Å². The molecule has 0 unspecified atom stereocenters. The molecule has 0 aromatic carbocycles. The quantitative estimate of drug-likeness (QED) is 0.590. The number of pyridine rings is 1. The molecule has 0 aliphatic heterocycles. The molecular formula is C11H12F2INO3. The van der Waals surface area contributed by atoms with Crippen LogP contribution in [0.3, 0.4) is 0 Å². The van der Waals surface area contributed by atoms with Crippen LogP contribution in [0.2, 0.25) is 0 Å². The highest BCUT2D eigenvalue weighted by molar-refractivity contribution is 14.1. The van der Waals surface area contributed by atoms with Gasteiger partial charge in [0.25, 0.3) is 6.43 Å². The number of carbonyl (C=O) groups is 1. The molecule has 1 heterocycles. The largest absolute Gasteiger partial charge is 0.481 e. The number of halogens is 3. The fraction of sp³-hybridized carbons (Fsp3) is 0.455. The topological polar surface area (TPSA) is 48.4 Å². The molecule has 1 aromatic rings. The molecule has 0 amide bonds. The van der Waals surface area contributed by atoms with Crippen LogP contribution in [0.5, 0.6) is 5.88 Å². The number of nitrogens with zero attached hydrogens (tertiary/aromatic N) is 1. The van der Waals surface area contributed by atoms with Crippen LogP contribution in [0, 0.1) is 3.57 Å². The van der Waals surface area contributed by atoms with Crippen molar-refractivity contribution in [2.24, 2.45) is 0 Å². The van der Waals surface area contributed by atoms with Gasteiger partial charge < -0.3 is 9.47 Å². The summed E-state index contributed by atoms with van der Waals surface area (Å²) in [6.07, 6.45) is -2.99. The number of esters is 1. The van der Waals surface area contributed by atoms with E-state index >= 15 is 0 Å². The Morgan fingerprint density at radius 3 is 2.72 bits per heavy atom. The second-order valence-electron chi connectivity index (χ2n) is 3.29. The molecule has 0 radical (unpaired) electrons. The highest BCUT2D eigenvalue weighted by Gasteiger charge is 2.22. The fourth-order valence-electron chi connectivity index (χ4n) is 1.37. The number of rotatable bonds is 5. The first-order chi connectivity index (χ1) is 8.49. The van der Waals surface area contributed by atoms with E-state index < -0.39 is 12.4 Å². The lowest BCUT2D eigenvalue weighted by molar-refractivity contribution is -0.142. The van der Waals surface area contributed by atoms with E-state index in [1.807, 2.05) is 0 Å². The molecule has 0 saturated heterocycles.